The first-order chi connectivity index (χ1) is 7.20. The number of nitrogens with two attached hydrogens (primary N) is 1. The summed E-state index contributed by atoms with van der Waals surface area (Å²) in [5.41, 5.74) is 6.64. The molecule has 0 radical (unpaired) electrons. The van der Waals surface area contributed by atoms with Gasteiger partial charge in [0, 0.05) is 18.0 Å². The molecule has 5 heteroatoms. The Balaban J connectivity index is 2.60. The number of hydrogen-bond acceptors (Lipinski definition) is 3. The molecule has 2 aromatic heterocycles. The summed E-state index contributed by atoms with van der Waals surface area (Å²) >= 11 is 5.78. The number of nitrogen functional groups attached to an aromatic ring is 1. The van der Waals surface area contributed by atoms with Crippen LogP contribution >= 0.6 is 11.6 Å². The van der Waals surface area contributed by atoms with Crippen LogP contribution in [0.4, 0.5) is 5.69 Å². The minimum atomic E-state index is 0.308. The van der Waals surface area contributed by atoms with Gasteiger partial charge in [-0.25, -0.2) is 4.98 Å². The lowest BCUT2D eigenvalue weighted by Gasteiger charge is -2.05. The predicted molar refractivity (Wildman–Crippen MR) is 57.7 cm³/mol. The maximum absolute atomic E-state index is 8.84. The smallest absolute Gasteiger partial charge is 0.141 e. The molecule has 2 rings (SSSR count). The van der Waals surface area contributed by atoms with Crippen LogP contribution in [0.2, 0.25) is 5.15 Å². The van der Waals surface area contributed by atoms with Gasteiger partial charge in [-0.05, 0) is 18.2 Å². The van der Waals surface area contributed by atoms with Crippen LogP contribution in [0.1, 0.15) is 5.69 Å². The van der Waals surface area contributed by atoms with Gasteiger partial charge in [0.2, 0.25) is 0 Å². The maximum Gasteiger partial charge on any atom is 0.141 e. The van der Waals surface area contributed by atoms with Crippen molar-refractivity contribution >= 4 is 17.3 Å². The Morgan fingerprint density at radius 1 is 1.47 bits per heavy atom. The van der Waals surface area contributed by atoms with Gasteiger partial charge in [-0.1, -0.05) is 11.6 Å². The Bertz CT molecular complexity index is 518. The normalized spacial score (nSPS) is 9.87. The van der Waals surface area contributed by atoms with Crippen LogP contribution in [-0.2, 0) is 0 Å². The van der Waals surface area contributed by atoms with Crippen molar-refractivity contribution in [2.75, 3.05) is 5.73 Å². The Labute approximate surface area is 91.5 Å². The summed E-state index contributed by atoms with van der Waals surface area (Å²) in [6, 6.07) is 8.72. The monoisotopic (exact) mass is 218 g/mol. The third-order valence-electron chi connectivity index (χ3n) is 1.91. The van der Waals surface area contributed by atoms with Crippen molar-refractivity contribution in [1.29, 1.82) is 5.26 Å². The van der Waals surface area contributed by atoms with Gasteiger partial charge in [0.05, 0.1) is 0 Å². The van der Waals surface area contributed by atoms with E-state index in [4.69, 9.17) is 22.6 Å². The highest BCUT2D eigenvalue weighted by Crippen LogP contribution is 2.17. The molecule has 74 valence electrons. The Morgan fingerprint density at radius 2 is 2.27 bits per heavy atom. The minimum absolute atomic E-state index is 0.308. The predicted octanol–water partition coefficient (Wildman–Crippen LogP) is 1.98. The fraction of sp³-hybridized carbons (Fsp3) is 0. The maximum atomic E-state index is 8.84. The minimum Gasteiger partial charge on any atom is -0.399 e. The van der Waals surface area contributed by atoms with Crippen LogP contribution in [0.5, 0.6) is 0 Å². The van der Waals surface area contributed by atoms with Crippen molar-refractivity contribution in [3.63, 3.8) is 0 Å². The molecule has 2 aromatic rings. The van der Waals surface area contributed by atoms with Crippen molar-refractivity contribution in [1.82, 2.24) is 9.55 Å². The van der Waals surface area contributed by atoms with Gasteiger partial charge >= 0.3 is 0 Å². The van der Waals surface area contributed by atoms with Gasteiger partial charge in [-0.3, -0.25) is 4.57 Å². The summed E-state index contributed by atoms with van der Waals surface area (Å²) in [5.74, 6) is 0.543. The van der Waals surface area contributed by atoms with E-state index in [0.717, 1.165) is 0 Å². The van der Waals surface area contributed by atoms with Crippen molar-refractivity contribution < 1.29 is 0 Å². The van der Waals surface area contributed by atoms with Gasteiger partial charge in [-0.15, -0.1) is 0 Å². The molecule has 0 fully saturated rings. The van der Waals surface area contributed by atoms with Gasteiger partial charge in [0.1, 0.15) is 22.7 Å². The zero-order valence-electron chi connectivity index (χ0n) is 7.68. The molecule has 15 heavy (non-hydrogen) atoms. The number of hydrogen-bond donors (Lipinski definition) is 1. The summed E-state index contributed by atoms with van der Waals surface area (Å²) in [6.07, 6.45) is 1.73. The third-order valence-corrected chi connectivity index (χ3v) is 2.11. The first-order valence-electron chi connectivity index (χ1n) is 4.21. The highest BCUT2D eigenvalue weighted by molar-refractivity contribution is 6.29. The molecule has 0 saturated heterocycles. The lowest BCUT2D eigenvalue weighted by molar-refractivity contribution is 0.990. The largest absolute Gasteiger partial charge is 0.399 e. The molecule has 0 aliphatic carbocycles. The number of halogens is 1. The van der Waals surface area contributed by atoms with E-state index in [0.29, 0.717) is 22.4 Å². The number of anilines is 1. The van der Waals surface area contributed by atoms with Gasteiger partial charge in [0.25, 0.3) is 0 Å². The Morgan fingerprint density at radius 3 is 2.93 bits per heavy atom. The lowest BCUT2D eigenvalue weighted by Crippen LogP contribution is -2.00. The highest BCUT2D eigenvalue weighted by Gasteiger charge is 2.05. The van der Waals surface area contributed by atoms with Gasteiger partial charge in [0.15, 0.2) is 0 Å². The third kappa shape index (κ3) is 1.78. The quantitative estimate of drug-likeness (QED) is 0.745. The van der Waals surface area contributed by atoms with Crippen LogP contribution in [0.3, 0.4) is 0 Å². The molecular weight excluding hydrogens is 212 g/mol. The number of nitriles is 1. The average molecular weight is 219 g/mol. The molecule has 0 aliphatic heterocycles. The second-order valence-corrected chi connectivity index (χ2v) is 3.34. The second kappa shape index (κ2) is 3.64. The van der Waals surface area contributed by atoms with Gasteiger partial charge in [-0.2, -0.15) is 5.26 Å². The molecule has 0 spiro atoms. The van der Waals surface area contributed by atoms with Crippen molar-refractivity contribution in [2.24, 2.45) is 0 Å². The first-order valence-corrected chi connectivity index (χ1v) is 4.59. The first kappa shape index (κ1) is 9.56. The number of nitrogens with zero attached hydrogens (tertiary/aromatic N) is 3. The summed E-state index contributed by atoms with van der Waals surface area (Å²) in [5, 5.41) is 9.15. The molecule has 0 amide bonds. The Hall–Kier alpha value is -1.99. The molecule has 2 heterocycles. The molecule has 0 aliphatic rings. The molecule has 0 unspecified atom stereocenters. The van der Waals surface area contributed by atoms with E-state index in [1.807, 2.05) is 0 Å². The number of aromatic nitrogens is 2. The molecule has 0 bridgehead atoms. The van der Waals surface area contributed by atoms with E-state index in [1.165, 1.54) is 0 Å². The van der Waals surface area contributed by atoms with Gasteiger partial charge < -0.3 is 5.73 Å². The van der Waals surface area contributed by atoms with E-state index < -0.39 is 0 Å². The average Bonchev–Trinajstić information content (AvgIpc) is 2.63. The van der Waals surface area contributed by atoms with Crippen molar-refractivity contribution in [3.05, 3.63) is 41.3 Å². The molecular formula is C10H7ClN4. The summed E-state index contributed by atoms with van der Waals surface area (Å²) in [6.45, 7) is 0. The van der Waals surface area contributed by atoms with E-state index >= 15 is 0 Å². The zero-order valence-corrected chi connectivity index (χ0v) is 8.44. The number of rotatable bonds is 1. The molecule has 0 aromatic carbocycles. The molecule has 2 N–H and O–H groups in total. The fourth-order valence-corrected chi connectivity index (χ4v) is 1.51. The van der Waals surface area contributed by atoms with Crippen LogP contribution in [0, 0.1) is 11.3 Å². The van der Waals surface area contributed by atoms with Crippen LogP contribution in [0.15, 0.2) is 30.5 Å². The summed E-state index contributed by atoms with van der Waals surface area (Å²) < 4.78 is 1.63. The van der Waals surface area contributed by atoms with E-state index in [9.17, 15) is 0 Å². The van der Waals surface area contributed by atoms with Crippen LogP contribution < -0.4 is 5.73 Å². The summed E-state index contributed by atoms with van der Waals surface area (Å²) in [7, 11) is 0. The zero-order chi connectivity index (χ0) is 10.8. The van der Waals surface area contributed by atoms with E-state index in [1.54, 1.807) is 35.0 Å². The molecule has 0 atom stereocenters. The topological polar surface area (TPSA) is 67.6 Å². The highest BCUT2D eigenvalue weighted by atomic mass is 35.5. The summed E-state index contributed by atoms with van der Waals surface area (Å²) in [4.78, 5) is 4.08. The van der Waals surface area contributed by atoms with Crippen LogP contribution in [-0.4, -0.2) is 9.55 Å². The SMILES string of the molecule is N#Cc1cccn1-c1cc(N)cc(Cl)n1. The lowest BCUT2D eigenvalue weighted by atomic mass is 10.4. The standard InChI is InChI=1S/C10H7ClN4/c11-9-4-7(13)5-10(14-9)15-3-1-2-8(15)6-12/h1-5H,(H2,13,14). The van der Waals surface area contributed by atoms with E-state index in [-0.39, 0.29) is 0 Å². The van der Waals surface area contributed by atoms with Crippen LogP contribution in [0.25, 0.3) is 5.82 Å². The molecule has 4 nitrogen and oxygen atoms in total. The van der Waals surface area contributed by atoms with E-state index in [2.05, 4.69) is 11.1 Å². The number of pyridine rings is 1. The fourth-order valence-electron chi connectivity index (χ4n) is 1.30. The van der Waals surface area contributed by atoms with Crippen molar-refractivity contribution in [3.8, 4) is 11.9 Å². The second-order valence-electron chi connectivity index (χ2n) is 2.96. The molecule has 0 saturated carbocycles. The Kier molecular flexibility index (Phi) is 2.32. The van der Waals surface area contributed by atoms with Crippen molar-refractivity contribution in [2.45, 2.75) is 0 Å².